The van der Waals surface area contributed by atoms with Gasteiger partial charge >= 0.3 is 6.03 Å². The summed E-state index contributed by atoms with van der Waals surface area (Å²) in [6.45, 7) is 4.74. The summed E-state index contributed by atoms with van der Waals surface area (Å²) >= 11 is 0. The second kappa shape index (κ2) is 8.82. The highest BCUT2D eigenvalue weighted by Gasteiger charge is 2.43. The Labute approximate surface area is 188 Å². The Morgan fingerprint density at radius 1 is 1.09 bits per heavy atom. The van der Waals surface area contributed by atoms with Crippen molar-refractivity contribution >= 4 is 33.3 Å². The third-order valence-corrected chi connectivity index (χ3v) is 7.63. The molecule has 9 heteroatoms. The van der Waals surface area contributed by atoms with Crippen molar-refractivity contribution in [2.24, 2.45) is 0 Å². The van der Waals surface area contributed by atoms with E-state index in [-0.39, 0.29) is 34.8 Å². The Balaban J connectivity index is 1.72. The number of para-hydroxylation sites is 1. The number of rotatable bonds is 5. The third kappa shape index (κ3) is 3.92. The number of likely N-dealkylation sites (tertiary alicyclic amines) is 1. The number of hydrogen-bond donors (Lipinski definition) is 0. The molecular weight excluding hydrogens is 430 g/mol. The summed E-state index contributed by atoms with van der Waals surface area (Å²) in [5.74, 6) is 0.385. The lowest BCUT2D eigenvalue weighted by atomic mass is 10.0. The molecule has 2 aliphatic heterocycles. The first-order valence-corrected chi connectivity index (χ1v) is 12.3. The first-order valence-electron chi connectivity index (χ1n) is 10.8. The van der Waals surface area contributed by atoms with Crippen molar-refractivity contribution in [2.75, 3.05) is 28.9 Å². The minimum absolute atomic E-state index is 0.00650. The number of benzene rings is 2. The van der Waals surface area contributed by atoms with Gasteiger partial charge in [-0.15, -0.1) is 0 Å². The Morgan fingerprint density at radius 2 is 1.81 bits per heavy atom. The van der Waals surface area contributed by atoms with E-state index in [1.54, 1.807) is 35.2 Å². The van der Waals surface area contributed by atoms with Gasteiger partial charge in [0.2, 0.25) is 5.91 Å². The molecule has 0 saturated carbocycles. The van der Waals surface area contributed by atoms with Gasteiger partial charge in [0.05, 0.1) is 18.0 Å². The largest absolute Gasteiger partial charge is 0.494 e. The zero-order chi connectivity index (χ0) is 22.9. The van der Waals surface area contributed by atoms with E-state index in [1.165, 1.54) is 23.1 Å². The first kappa shape index (κ1) is 22.1. The molecular formula is C23H27N3O5S. The summed E-state index contributed by atoms with van der Waals surface area (Å²) in [7, 11) is -4.14. The Hall–Kier alpha value is -3.07. The van der Waals surface area contributed by atoms with Crippen molar-refractivity contribution in [3.8, 4) is 5.75 Å². The summed E-state index contributed by atoms with van der Waals surface area (Å²) in [4.78, 5) is 29.6. The van der Waals surface area contributed by atoms with Crippen molar-refractivity contribution in [3.63, 3.8) is 0 Å². The fraction of sp³-hybridized carbons (Fsp3) is 0.391. The molecule has 0 aliphatic carbocycles. The lowest BCUT2D eigenvalue weighted by Gasteiger charge is -2.38. The zero-order valence-corrected chi connectivity index (χ0v) is 19.0. The number of carbonyl (C=O) groups is 2. The number of carbonyl (C=O) groups excluding carboxylic acids is 2. The molecule has 1 fully saturated rings. The maximum absolute atomic E-state index is 13.5. The Morgan fingerprint density at radius 3 is 2.50 bits per heavy atom. The van der Waals surface area contributed by atoms with Crippen LogP contribution in [0.3, 0.4) is 0 Å². The van der Waals surface area contributed by atoms with Gasteiger partial charge in [0.15, 0.2) is 0 Å². The summed E-state index contributed by atoms with van der Waals surface area (Å²) in [6.07, 6.45) is 2.91. The lowest BCUT2D eigenvalue weighted by molar-refractivity contribution is -0.132. The molecule has 2 aromatic rings. The van der Waals surface area contributed by atoms with Crippen LogP contribution in [-0.2, 0) is 14.8 Å². The van der Waals surface area contributed by atoms with Crippen LogP contribution in [0.5, 0.6) is 5.75 Å². The maximum atomic E-state index is 13.5. The summed E-state index contributed by atoms with van der Waals surface area (Å²) < 4.78 is 32.9. The molecule has 0 aromatic heterocycles. The number of anilines is 2. The van der Waals surface area contributed by atoms with Crippen LogP contribution in [-0.4, -0.2) is 51.0 Å². The molecule has 4 rings (SSSR count). The Kier molecular flexibility index (Phi) is 6.10. The molecule has 1 atom stereocenters. The summed E-state index contributed by atoms with van der Waals surface area (Å²) in [5, 5.41) is 0. The fourth-order valence-electron chi connectivity index (χ4n) is 4.25. The molecule has 170 valence electrons. The van der Waals surface area contributed by atoms with Crippen molar-refractivity contribution in [1.82, 2.24) is 4.90 Å². The molecule has 0 unspecified atom stereocenters. The van der Waals surface area contributed by atoms with Crippen molar-refractivity contribution < 1.29 is 22.7 Å². The predicted octanol–water partition coefficient (Wildman–Crippen LogP) is 3.62. The molecule has 0 N–H and O–H groups in total. The van der Waals surface area contributed by atoms with Crippen LogP contribution >= 0.6 is 0 Å². The molecule has 32 heavy (non-hydrogen) atoms. The summed E-state index contributed by atoms with van der Waals surface area (Å²) in [5.41, 5.74) is 0.412. The van der Waals surface area contributed by atoms with Crippen LogP contribution in [0, 0.1) is 0 Å². The molecule has 0 bridgehead atoms. The molecule has 2 heterocycles. The number of piperidine rings is 1. The average Bonchev–Trinajstić information content (AvgIpc) is 2.78. The minimum atomic E-state index is -4.14. The first-order chi connectivity index (χ1) is 15.3. The van der Waals surface area contributed by atoms with Gasteiger partial charge < -0.3 is 9.64 Å². The average molecular weight is 458 g/mol. The van der Waals surface area contributed by atoms with Crippen LogP contribution in [0.1, 0.15) is 33.1 Å². The molecule has 8 nitrogen and oxygen atoms in total. The van der Waals surface area contributed by atoms with E-state index >= 15 is 0 Å². The van der Waals surface area contributed by atoms with Gasteiger partial charge in [0.1, 0.15) is 17.2 Å². The van der Waals surface area contributed by atoms with Gasteiger partial charge in [-0.05, 0) is 69.5 Å². The number of fused-ring (bicyclic) bond motifs is 1. The number of hydrogen-bond acceptors (Lipinski definition) is 5. The van der Waals surface area contributed by atoms with Crippen LogP contribution in [0.2, 0.25) is 0 Å². The van der Waals surface area contributed by atoms with E-state index in [4.69, 9.17) is 4.74 Å². The SMILES string of the molecule is CCOc1ccc(N2C(=O)N(CC(=O)N3CCCC[C@@H]3C)c3ccccc3S2(=O)=O)cc1. The number of nitrogens with zero attached hydrogens (tertiary/aromatic N) is 3. The number of sulfonamides is 1. The van der Waals surface area contributed by atoms with Crippen LogP contribution in [0.25, 0.3) is 0 Å². The predicted molar refractivity (Wildman–Crippen MR) is 121 cm³/mol. The fourth-order valence-corrected chi connectivity index (χ4v) is 5.85. The van der Waals surface area contributed by atoms with E-state index in [1.807, 2.05) is 13.8 Å². The number of urea groups is 1. The second-order valence-corrected chi connectivity index (χ2v) is 9.72. The lowest BCUT2D eigenvalue weighted by Crippen LogP contribution is -2.55. The van der Waals surface area contributed by atoms with Gasteiger partial charge in [-0.2, -0.15) is 4.31 Å². The topological polar surface area (TPSA) is 87.2 Å². The molecule has 3 amide bonds. The van der Waals surface area contributed by atoms with Gasteiger partial charge in [-0.1, -0.05) is 12.1 Å². The molecule has 0 radical (unpaired) electrons. The van der Waals surface area contributed by atoms with E-state index in [0.717, 1.165) is 23.6 Å². The van der Waals surface area contributed by atoms with Crippen molar-refractivity contribution in [3.05, 3.63) is 48.5 Å². The highest BCUT2D eigenvalue weighted by molar-refractivity contribution is 7.94. The third-order valence-electron chi connectivity index (χ3n) is 5.88. The van der Waals surface area contributed by atoms with Crippen molar-refractivity contribution in [2.45, 2.75) is 44.0 Å². The standard InChI is InChI=1S/C23H27N3O5S/c1-3-31-19-13-11-18(12-14-19)26-23(28)25(16-22(27)24-15-7-6-8-17(24)2)20-9-4-5-10-21(20)32(26,29)30/h4-5,9-14,17H,3,6-8,15-16H2,1-2H3/t17-/m0/s1. The highest BCUT2D eigenvalue weighted by atomic mass is 32.2. The second-order valence-electron chi connectivity index (χ2n) is 7.96. The normalized spacial score (nSPS) is 20.1. The monoisotopic (exact) mass is 457 g/mol. The maximum Gasteiger partial charge on any atom is 0.343 e. The van der Waals surface area contributed by atoms with E-state index in [9.17, 15) is 18.0 Å². The van der Waals surface area contributed by atoms with Gasteiger partial charge in [-0.25, -0.2) is 13.2 Å². The van der Waals surface area contributed by atoms with E-state index in [2.05, 4.69) is 0 Å². The van der Waals surface area contributed by atoms with Crippen LogP contribution in [0.15, 0.2) is 53.4 Å². The number of amides is 3. The molecule has 0 spiro atoms. The van der Waals surface area contributed by atoms with Gasteiger partial charge in [0, 0.05) is 12.6 Å². The molecule has 1 saturated heterocycles. The molecule has 2 aliphatic rings. The van der Waals surface area contributed by atoms with Crippen molar-refractivity contribution in [1.29, 1.82) is 0 Å². The van der Waals surface area contributed by atoms with E-state index in [0.29, 0.717) is 18.9 Å². The molecule has 2 aromatic carbocycles. The quantitative estimate of drug-likeness (QED) is 0.684. The number of ether oxygens (including phenoxy) is 1. The minimum Gasteiger partial charge on any atom is -0.494 e. The van der Waals surface area contributed by atoms with Gasteiger partial charge in [-0.3, -0.25) is 9.69 Å². The van der Waals surface area contributed by atoms with Gasteiger partial charge in [0.25, 0.3) is 10.0 Å². The Bertz CT molecular complexity index is 1120. The highest BCUT2D eigenvalue weighted by Crippen LogP contribution is 2.37. The van der Waals surface area contributed by atoms with E-state index < -0.39 is 16.1 Å². The van der Waals surface area contributed by atoms with Crippen LogP contribution in [0.4, 0.5) is 16.2 Å². The smallest absolute Gasteiger partial charge is 0.343 e. The summed E-state index contributed by atoms with van der Waals surface area (Å²) in [6, 6.07) is 11.9. The van der Waals surface area contributed by atoms with Crippen LogP contribution < -0.4 is 13.9 Å². The zero-order valence-electron chi connectivity index (χ0n) is 18.2.